The van der Waals surface area contributed by atoms with Crippen molar-refractivity contribution in [1.82, 2.24) is 0 Å². The van der Waals surface area contributed by atoms with Gasteiger partial charge in [-0.1, -0.05) is 164 Å². The first-order valence-corrected chi connectivity index (χ1v) is 21.6. The van der Waals surface area contributed by atoms with Crippen molar-refractivity contribution in [2.24, 2.45) is 0 Å². The molecule has 286 valence electrons. The molecular weight excluding hydrogens is 759 g/mol. The van der Waals surface area contributed by atoms with Crippen LogP contribution in [-0.2, 0) is 0 Å². The predicted octanol–water partition coefficient (Wildman–Crippen LogP) is 17.2. The highest BCUT2D eigenvalue weighted by atomic mass is 32.1. The van der Waals surface area contributed by atoms with Gasteiger partial charge >= 0.3 is 0 Å². The second-order valence-electron chi connectivity index (χ2n) is 15.6. The predicted molar refractivity (Wildman–Crippen MR) is 261 cm³/mol. The summed E-state index contributed by atoms with van der Waals surface area (Å²) < 4.78 is 9.04. The standard InChI is InChI=1S/C58H37NOS/c1-2-14-40-35-43(30-29-38(40)13-1)39-31-33-45(34-32-39)59(53-25-6-3-19-48(53)50-23-12-27-55-57(50)52-21-4-7-26-54(52)60-55)46-18-10-16-42(37-46)41-15-9-17-44(36-41)47-22-11-24-51-49-20-5-8-28-56(49)61-58(47)51/h1-37H. The van der Waals surface area contributed by atoms with Crippen LogP contribution >= 0.6 is 11.3 Å². The number of benzene rings is 10. The van der Waals surface area contributed by atoms with Gasteiger partial charge in [0.1, 0.15) is 11.2 Å². The molecule has 2 nitrogen and oxygen atoms in total. The van der Waals surface area contributed by atoms with Crippen molar-refractivity contribution in [3.05, 3.63) is 224 Å². The van der Waals surface area contributed by atoms with Gasteiger partial charge in [0.25, 0.3) is 0 Å². The van der Waals surface area contributed by atoms with E-state index < -0.39 is 0 Å². The molecule has 0 aliphatic heterocycles. The molecule has 12 rings (SSSR count). The smallest absolute Gasteiger partial charge is 0.136 e. The first-order chi connectivity index (χ1) is 30.2. The molecule has 0 fully saturated rings. The Kier molecular flexibility index (Phi) is 8.39. The maximum atomic E-state index is 6.40. The topological polar surface area (TPSA) is 16.4 Å². The van der Waals surface area contributed by atoms with E-state index in [1.54, 1.807) is 0 Å². The summed E-state index contributed by atoms with van der Waals surface area (Å²) in [5, 5.41) is 7.34. The van der Waals surface area contributed by atoms with Crippen LogP contribution in [0.25, 0.3) is 97.4 Å². The number of thiophene rings is 1. The zero-order valence-corrected chi connectivity index (χ0v) is 33.9. The van der Waals surface area contributed by atoms with E-state index in [0.717, 1.165) is 55.7 Å². The van der Waals surface area contributed by atoms with Crippen molar-refractivity contribution < 1.29 is 4.42 Å². The fraction of sp³-hybridized carbons (Fsp3) is 0. The van der Waals surface area contributed by atoms with Gasteiger partial charge in [-0.15, -0.1) is 11.3 Å². The van der Waals surface area contributed by atoms with Gasteiger partial charge in [-0.2, -0.15) is 0 Å². The maximum Gasteiger partial charge on any atom is 0.136 e. The molecule has 0 aliphatic carbocycles. The Morgan fingerprint density at radius 1 is 0.344 bits per heavy atom. The summed E-state index contributed by atoms with van der Waals surface area (Å²) in [6, 6.07) is 81.2. The van der Waals surface area contributed by atoms with Gasteiger partial charge in [-0.25, -0.2) is 0 Å². The van der Waals surface area contributed by atoms with E-state index in [-0.39, 0.29) is 0 Å². The molecule has 0 bridgehead atoms. The highest BCUT2D eigenvalue weighted by Crippen LogP contribution is 2.46. The molecule has 0 aliphatic rings. The molecule has 2 aromatic heterocycles. The number of anilines is 3. The molecule has 61 heavy (non-hydrogen) atoms. The summed E-state index contributed by atoms with van der Waals surface area (Å²) in [4.78, 5) is 2.41. The number of furan rings is 1. The minimum atomic E-state index is 0.882. The molecule has 0 unspecified atom stereocenters. The summed E-state index contributed by atoms with van der Waals surface area (Å²) in [5.41, 5.74) is 14.4. The maximum absolute atomic E-state index is 6.40. The molecule has 2 heterocycles. The average molecular weight is 796 g/mol. The summed E-state index contributed by atoms with van der Waals surface area (Å²) >= 11 is 1.87. The van der Waals surface area contributed by atoms with E-state index in [2.05, 4.69) is 223 Å². The molecule has 12 aromatic rings. The summed E-state index contributed by atoms with van der Waals surface area (Å²) in [5.74, 6) is 0. The van der Waals surface area contributed by atoms with Crippen LogP contribution in [0.3, 0.4) is 0 Å². The Labute approximate surface area is 357 Å². The summed E-state index contributed by atoms with van der Waals surface area (Å²) in [6.45, 7) is 0. The van der Waals surface area contributed by atoms with Crippen LogP contribution in [0.5, 0.6) is 0 Å². The molecule has 0 spiro atoms. The Balaban J connectivity index is 1.01. The fourth-order valence-electron chi connectivity index (χ4n) is 9.16. The van der Waals surface area contributed by atoms with E-state index in [1.165, 1.54) is 58.8 Å². The van der Waals surface area contributed by atoms with Gasteiger partial charge in [-0.3, -0.25) is 0 Å². The van der Waals surface area contributed by atoms with Crippen LogP contribution in [-0.4, -0.2) is 0 Å². The van der Waals surface area contributed by atoms with Crippen molar-refractivity contribution >= 4 is 81.3 Å². The number of hydrogen-bond acceptors (Lipinski definition) is 3. The minimum Gasteiger partial charge on any atom is -0.456 e. The lowest BCUT2D eigenvalue weighted by Crippen LogP contribution is -2.11. The second kappa shape index (κ2) is 14.5. The highest BCUT2D eigenvalue weighted by Gasteiger charge is 2.21. The van der Waals surface area contributed by atoms with Crippen LogP contribution in [0, 0.1) is 0 Å². The van der Waals surface area contributed by atoms with Gasteiger partial charge in [0.15, 0.2) is 0 Å². The van der Waals surface area contributed by atoms with Crippen LogP contribution in [0.2, 0.25) is 0 Å². The molecule has 0 atom stereocenters. The monoisotopic (exact) mass is 795 g/mol. The Morgan fingerprint density at radius 3 is 1.89 bits per heavy atom. The zero-order chi connectivity index (χ0) is 40.3. The minimum absolute atomic E-state index is 0.882. The Morgan fingerprint density at radius 2 is 0.967 bits per heavy atom. The van der Waals surface area contributed by atoms with Gasteiger partial charge < -0.3 is 9.32 Å². The number of nitrogens with zero attached hydrogens (tertiary/aromatic N) is 1. The van der Waals surface area contributed by atoms with Gasteiger partial charge in [-0.05, 0) is 110 Å². The van der Waals surface area contributed by atoms with E-state index in [1.807, 2.05) is 17.4 Å². The Bertz CT molecular complexity index is 3610. The molecule has 3 heteroatoms. The van der Waals surface area contributed by atoms with Gasteiger partial charge in [0, 0.05) is 47.9 Å². The molecule has 0 amide bonds. The summed E-state index contributed by atoms with van der Waals surface area (Å²) in [6.07, 6.45) is 0. The number of fused-ring (bicyclic) bond motifs is 7. The molecule has 0 N–H and O–H groups in total. The van der Waals surface area contributed by atoms with Crippen molar-refractivity contribution in [2.75, 3.05) is 4.90 Å². The lowest BCUT2D eigenvalue weighted by molar-refractivity contribution is 0.669. The third kappa shape index (κ3) is 6.09. The van der Waals surface area contributed by atoms with Gasteiger partial charge in [0.05, 0.1) is 5.69 Å². The van der Waals surface area contributed by atoms with Gasteiger partial charge in [0.2, 0.25) is 0 Å². The normalized spacial score (nSPS) is 11.6. The van der Waals surface area contributed by atoms with Crippen molar-refractivity contribution in [3.63, 3.8) is 0 Å². The first kappa shape index (κ1) is 35.2. The van der Waals surface area contributed by atoms with Crippen LogP contribution in [0.1, 0.15) is 0 Å². The fourth-order valence-corrected chi connectivity index (χ4v) is 10.4. The van der Waals surface area contributed by atoms with Crippen LogP contribution in [0.4, 0.5) is 17.1 Å². The number of rotatable bonds is 7. The molecule has 10 aromatic carbocycles. The highest BCUT2D eigenvalue weighted by molar-refractivity contribution is 7.26. The first-order valence-electron chi connectivity index (χ1n) is 20.7. The van der Waals surface area contributed by atoms with Crippen molar-refractivity contribution in [2.45, 2.75) is 0 Å². The quantitative estimate of drug-likeness (QED) is 0.160. The number of hydrogen-bond donors (Lipinski definition) is 0. The molecular formula is C58H37NOS. The van der Waals surface area contributed by atoms with E-state index in [0.29, 0.717) is 0 Å². The summed E-state index contributed by atoms with van der Waals surface area (Å²) in [7, 11) is 0. The van der Waals surface area contributed by atoms with Crippen LogP contribution in [0.15, 0.2) is 229 Å². The van der Waals surface area contributed by atoms with E-state index in [9.17, 15) is 0 Å². The van der Waals surface area contributed by atoms with E-state index >= 15 is 0 Å². The molecule has 0 saturated heterocycles. The van der Waals surface area contributed by atoms with Crippen molar-refractivity contribution in [3.8, 4) is 44.5 Å². The van der Waals surface area contributed by atoms with Crippen LogP contribution < -0.4 is 4.90 Å². The van der Waals surface area contributed by atoms with Crippen molar-refractivity contribution in [1.29, 1.82) is 0 Å². The Hall–Kier alpha value is -7.72. The lowest BCUT2D eigenvalue weighted by Gasteiger charge is -2.28. The zero-order valence-electron chi connectivity index (χ0n) is 33.1. The second-order valence-corrected chi connectivity index (χ2v) is 16.7. The van der Waals surface area contributed by atoms with E-state index in [4.69, 9.17) is 4.42 Å². The molecule has 0 radical (unpaired) electrons. The third-order valence-electron chi connectivity index (χ3n) is 12.1. The lowest BCUT2D eigenvalue weighted by atomic mass is 9.96. The number of para-hydroxylation sites is 2. The SMILES string of the molecule is c1cc(-c2cccc(N(c3ccc(-c4ccc5ccccc5c4)cc3)c3ccccc3-c3cccc4oc5ccccc5c34)c2)cc(-c2cccc3c2sc2ccccc23)c1. The molecule has 0 saturated carbocycles. The third-order valence-corrected chi connectivity index (χ3v) is 13.3. The largest absolute Gasteiger partial charge is 0.456 e. The average Bonchev–Trinajstić information content (AvgIpc) is 3.91.